The number of nitrogens with one attached hydrogen (secondary N) is 2. The van der Waals surface area contributed by atoms with Crippen LogP contribution < -0.4 is 15.4 Å². The van der Waals surface area contributed by atoms with Crippen LogP contribution >= 0.6 is 0 Å². The first kappa shape index (κ1) is 20.7. The Bertz CT molecular complexity index is 718. The number of hydrogen-bond donors (Lipinski definition) is 2. The van der Waals surface area contributed by atoms with Gasteiger partial charge in [0.2, 0.25) is 0 Å². The number of rotatable bonds is 10. The molecule has 7 nitrogen and oxygen atoms in total. The van der Waals surface area contributed by atoms with Gasteiger partial charge >= 0.3 is 0 Å². The fourth-order valence-corrected chi connectivity index (χ4v) is 2.55. The first-order valence-electron chi connectivity index (χ1n) is 9.47. The molecule has 0 aliphatic heterocycles. The molecule has 1 aromatic carbocycles. The molecule has 0 amide bonds. The van der Waals surface area contributed by atoms with Crippen LogP contribution in [-0.2, 0) is 13.0 Å². The van der Waals surface area contributed by atoms with Crippen molar-refractivity contribution >= 4 is 5.96 Å². The summed E-state index contributed by atoms with van der Waals surface area (Å²) in [6.45, 7) is 8.82. The number of nitrogens with zero attached hydrogens (tertiary/aromatic N) is 4. The third kappa shape index (κ3) is 6.88. The molecular formula is C19H29FN6O. The topological polar surface area (TPSA) is 76.4 Å². The summed E-state index contributed by atoms with van der Waals surface area (Å²) in [4.78, 5) is 4.60. The Kier molecular flexibility index (Phi) is 8.54. The molecule has 1 heterocycles. The third-order valence-electron chi connectivity index (χ3n) is 4.01. The van der Waals surface area contributed by atoms with Gasteiger partial charge in [-0.05, 0) is 25.5 Å². The maximum atomic E-state index is 13.3. The lowest BCUT2D eigenvalue weighted by Crippen LogP contribution is -2.39. The Morgan fingerprint density at radius 2 is 2.15 bits per heavy atom. The Labute approximate surface area is 160 Å². The highest BCUT2D eigenvalue weighted by molar-refractivity contribution is 5.79. The molecule has 1 atom stereocenters. The molecule has 0 fully saturated rings. The van der Waals surface area contributed by atoms with Crippen molar-refractivity contribution < 1.29 is 9.13 Å². The summed E-state index contributed by atoms with van der Waals surface area (Å²) >= 11 is 0. The highest BCUT2D eigenvalue weighted by Gasteiger charge is 2.09. The molecule has 27 heavy (non-hydrogen) atoms. The zero-order valence-electron chi connectivity index (χ0n) is 16.3. The fourth-order valence-electron chi connectivity index (χ4n) is 2.55. The zero-order chi connectivity index (χ0) is 19.5. The second kappa shape index (κ2) is 11.2. The summed E-state index contributed by atoms with van der Waals surface area (Å²) in [6, 6.07) is 6.18. The van der Waals surface area contributed by atoms with E-state index in [0.717, 1.165) is 37.7 Å². The average Bonchev–Trinajstić information content (AvgIpc) is 3.12. The summed E-state index contributed by atoms with van der Waals surface area (Å²) in [6.07, 6.45) is 3.25. The summed E-state index contributed by atoms with van der Waals surface area (Å²) in [7, 11) is 0. The van der Waals surface area contributed by atoms with Crippen LogP contribution in [0.5, 0.6) is 5.75 Å². The molecule has 1 unspecified atom stereocenters. The zero-order valence-corrected chi connectivity index (χ0v) is 16.3. The number of aromatic nitrogens is 3. The van der Waals surface area contributed by atoms with Gasteiger partial charge in [0, 0.05) is 32.1 Å². The maximum Gasteiger partial charge on any atom is 0.191 e. The van der Waals surface area contributed by atoms with Crippen molar-refractivity contribution in [3.63, 3.8) is 0 Å². The number of benzene rings is 1. The van der Waals surface area contributed by atoms with Gasteiger partial charge in [-0.25, -0.2) is 9.38 Å². The van der Waals surface area contributed by atoms with Gasteiger partial charge in [0.05, 0.1) is 6.54 Å². The molecule has 0 aliphatic rings. The van der Waals surface area contributed by atoms with Gasteiger partial charge in [-0.1, -0.05) is 19.9 Å². The van der Waals surface area contributed by atoms with E-state index in [2.05, 4.69) is 32.7 Å². The van der Waals surface area contributed by atoms with Crippen LogP contribution in [0.3, 0.4) is 0 Å². The summed E-state index contributed by atoms with van der Waals surface area (Å²) in [5.74, 6) is 1.91. The Morgan fingerprint density at radius 3 is 2.85 bits per heavy atom. The second-order valence-corrected chi connectivity index (χ2v) is 6.05. The van der Waals surface area contributed by atoms with E-state index >= 15 is 0 Å². The van der Waals surface area contributed by atoms with E-state index in [-0.39, 0.29) is 11.9 Å². The predicted molar refractivity (Wildman–Crippen MR) is 104 cm³/mol. The van der Waals surface area contributed by atoms with E-state index < -0.39 is 0 Å². The smallest absolute Gasteiger partial charge is 0.191 e. The Hall–Kier alpha value is -2.64. The van der Waals surface area contributed by atoms with E-state index in [1.54, 1.807) is 18.5 Å². The van der Waals surface area contributed by atoms with E-state index in [9.17, 15) is 4.39 Å². The van der Waals surface area contributed by atoms with Crippen LogP contribution in [0.4, 0.5) is 4.39 Å². The van der Waals surface area contributed by atoms with E-state index in [0.29, 0.717) is 18.8 Å². The molecule has 2 aromatic rings. The van der Waals surface area contributed by atoms with Crippen LogP contribution in [-0.4, -0.2) is 46.5 Å². The van der Waals surface area contributed by atoms with Gasteiger partial charge in [-0.15, -0.1) is 10.2 Å². The molecule has 148 valence electrons. The molecule has 8 heteroatoms. The Morgan fingerprint density at radius 1 is 1.30 bits per heavy atom. The lowest BCUT2D eigenvalue weighted by molar-refractivity contribution is 0.205. The van der Waals surface area contributed by atoms with Gasteiger partial charge < -0.3 is 19.9 Å². The minimum Gasteiger partial charge on any atom is -0.488 e. The molecule has 2 N–H and O–H groups in total. The normalized spacial score (nSPS) is 12.7. The van der Waals surface area contributed by atoms with Crippen molar-refractivity contribution in [1.29, 1.82) is 0 Å². The van der Waals surface area contributed by atoms with Crippen LogP contribution in [0, 0.1) is 5.82 Å². The number of ether oxygens (including phenoxy) is 1. The van der Waals surface area contributed by atoms with Gasteiger partial charge in [0.1, 0.15) is 29.8 Å². The lowest BCUT2D eigenvalue weighted by atomic mass is 10.2. The number of guanidine groups is 1. The molecular weight excluding hydrogens is 347 g/mol. The van der Waals surface area contributed by atoms with Gasteiger partial charge in [-0.3, -0.25) is 0 Å². The first-order valence-corrected chi connectivity index (χ1v) is 9.47. The molecule has 2 rings (SSSR count). The van der Waals surface area contributed by atoms with Gasteiger partial charge in [0.15, 0.2) is 5.96 Å². The molecule has 0 spiro atoms. The average molecular weight is 376 g/mol. The van der Waals surface area contributed by atoms with E-state index in [1.807, 2.05) is 18.4 Å². The quantitative estimate of drug-likeness (QED) is 0.492. The lowest BCUT2D eigenvalue weighted by Gasteiger charge is -2.17. The second-order valence-electron chi connectivity index (χ2n) is 6.05. The van der Waals surface area contributed by atoms with Crippen molar-refractivity contribution in [1.82, 2.24) is 25.4 Å². The summed E-state index contributed by atoms with van der Waals surface area (Å²) in [5.41, 5.74) is 0. The van der Waals surface area contributed by atoms with Crippen LogP contribution in [0.15, 0.2) is 35.6 Å². The van der Waals surface area contributed by atoms with Crippen LogP contribution in [0.2, 0.25) is 0 Å². The van der Waals surface area contributed by atoms with Crippen molar-refractivity contribution in [3.8, 4) is 5.75 Å². The fraction of sp³-hybridized carbons (Fsp3) is 0.526. The van der Waals surface area contributed by atoms with Crippen molar-refractivity contribution in [2.75, 3.05) is 19.6 Å². The monoisotopic (exact) mass is 376 g/mol. The molecule has 0 radical (unpaired) electrons. The maximum absolute atomic E-state index is 13.3. The number of hydrogen-bond acceptors (Lipinski definition) is 4. The summed E-state index contributed by atoms with van der Waals surface area (Å²) < 4.78 is 21.2. The molecule has 0 saturated heterocycles. The highest BCUT2D eigenvalue weighted by Crippen LogP contribution is 2.15. The van der Waals surface area contributed by atoms with Crippen molar-refractivity contribution in [2.45, 2.75) is 46.3 Å². The number of aliphatic imine (C=N–C) groups is 1. The number of halogens is 1. The van der Waals surface area contributed by atoms with E-state index in [4.69, 9.17) is 4.74 Å². The van der Waals surface area contributed by atoms with Crippen LogP contribution in [0.25, 0.3) is 0 Å². The van der Waals surface area contributed by atoms with E-state index in [1.165, 1.54) is 12.1 Å². The molecule has 1 aromatic heterocycles. The van der Waals surface area contributed by atoms with Crippen molar-refractivity contribution in [3.05, 3.63) is 42.2 Å². The predicted octanol–water partition coefficient (Wildman–Crippen LogP) is 2.39. The highest BCUT2D eigenvalue weighted by atomic mass is 19.1. The summed E-state index contributed by atoms with van der Waals surface area (Å²) in [5, 5.41) is 14.6. The Balaban J connectivity index is 1.88. The van der Waals surface area contributed by atoms with Gasteiger partial charge in [-0.2, -0.15) is 0 Å². The van der Waals surface area contributed by atoms with Crippen molar-refractivity contribution in [2.24, 2.45) is 4.99 Å². The molecule has 0 bridgehead atoms. The third-order valence-corrected chi connectivity index (χ3v) is 4.01. The first-order chi connectivity index (χ1) is 13.2. The number of aryl methyl sites for hydroxylation is 1. The molecule has 0 aliphatic carbocycles. The van der Waals surface area contributed by atoms with Crippen LogP contribution in [0.1, 0.15) is 33.0 Å². The standard InChI is InChI=1S/C19H29FN6O/c1-4-16(27-17-9-7-8-15(20)12-17)13-23-19(21-6-3)22-10-11-26-14-24-25-18(26)5-2/h7-9,12,14,16H,4-6,10-11,13H2,1-3H3,(H2,21,22,23). The largest absolute Gasteiger partial charge is 0.488 e. The van der Waals surface area contributed by atoms with Gasteiger partial charge in [0.25, 0.3) is 0 Å². The molecule has 0 saturated carbocycles. The minimum absolute atomic E-state index is 0.119. The SMILES string of the molecule is CCNC(=NCC(CC)Oc1cccc(F)c1)NCCn1cnnc1CC. The minimum atomic E-state index is -0.304.